The summed E-state index contributed by atoms with van der Waals surface area (Å²) in [7, 11) is 0. The van der Waals surface area contributed by atoms with Crippen LogP contribution >= 0.6 is 0 Å². The Hall–Kier alpha value is -2.62. The van der Waals surface area contributed by atoms with Gasteiger partial charge in [0.05, 0.1) is 0 Å². The molecule has 0 bridgehead atoms. The largest absolute Gasteiger partial charge is 0.352 e. The van der Waals surface area contributed by atoms with Gasteiger partial charge >= 0.3 is 0 Å². The van der Waals surface area contributed by atoms with Crippen LogP contribution < -0.4 is 5.32 Å². The van der Waals surface area contributed by atoms with Crippen LogP contribution in [0.1, 0.15) is 82.9 Å². The first-order valence-corrected chi connectivity index (χ1v) is 12.5. The van der Waals surface area contributed by atoms with Crippen molar-refractivity contribution in [3.63, 3.8) is 0 Å². The number of nitrogens with zero attached hydrogens (tertiary/aromatic N) is 1. The predicted molar refractivity (Wildman–Crippen MR) is 135 cm³/mol. The average Bonchev–Trinajstić information content (AvgIpc) is 3.30. The average molecular weight is 449 g/mol. The lowest BCUT2D eigenvalue weighted by molar-refractivity contribution is -0.141. The van der Waals surface area contributed by atoms with Crippen molar-refractivity contribution in [1.82, 2.24) is 10.2 Å². The summed E-state index contributed by atoms with van der Waals surface area (Å²) in [6.07, 6.45) is 6.10. The Morgan fingerprint density at radius 3 is 2.18 bits per heavy atom. The lowest BCUT2D eigenvalue weighted by atomic mass is 9.86. The Morgan fingerprint density at radius 2 is 1.61 bits per heavy atom. The fourth-order valence-corrected chi connectivity index (χ4v) is 4.63. The molecule has 33 heavy (non-hydrogen) atoms. The van der Waals surface area contributed by atoms with E-state index in [-0.39, 0.29) is 23.3 Å². The van der Waals surface area contributed by atoms with Crippen LogP contribution in [0.5, 0.6) is 0 Å². The maximum absolute atomic E-state index is 13.4. The van der Waals surface area contributed by atoms with E-state index in [1.165, 1.54) is 18.4 Å². The number of carbonyl (C=O) groups is 2. The highest BCUT2D eigenvalue weighted by Crippen LogP contribution is 2.23. The van der Waals surface area contributed by atoms with E-state index in [0.29, 0.717) is 25.8 Å². The quantitative estimate of drug-likeness (QED) is 0.528. The third-order valence-electron chi connectivity index (χ3n) is 6.73. The molecule has 4 nitrogen and oxygen atoms in total. The van der Waals surface area contributed by atoms with Crippen molar-refractivity contribution in [2.45, 2.75) is 96.7 Å². The molecule has 0 radical (unpaired) electrons. The number of benzene rings is 2. The summed E-state index contributed by atoms with van der Waals surface area (Å²) < 4.78 is 0. The minimum atomic E-state index is -0.443. The zero-order valence-electron chi connectivity index (χ0n) is 20.8. The number of aryl methyl sites for hydroxylation is 1. The van der Waals surface area contributed by atoms with Crippen molar-refractivity contribution in [1.29, 1.82) is 0 Å². The molecule has 1 fully saturated rings. The molecule has 178 valence electrons. The first-order chi connectivity index (χ1) is 15.8. The molecular formula is C29H40N2O2. The van der Waals surface area contributed by atoms with Crippen LogP contribution in [0.15, 0.2) is 54.6 Å². The fourth-order valence-electron chi connectivity index (χ4n) is 4.63. The summed E-state index contributed by atoms with van der Waals surface area (Å²) in [5.74, 6) is 0.0235. The van der Waals surface area contributed by atoms with Crippen LogP contribution in [-0.4, -0.2) is 28.8 Å². The summed E-state index contributed by atoms with van der Waals surface area (Å²) >= 11 is 0. The second kappa shape index (κ2) is 11.5. The molecule has 1 unspecified atom stereocenters. The van der Waals surface area contributed by atoms with Gasteiger partial charge in [-0.3, -0.25) is 9.59 Å². The van der Waals surface area contributed by atoms with E-state index in [1.807, 2.05) is 37.3 Å². The third-order valence-corrected chi connectivity index (χ3v) is 6.73. The van der Waals surface area contributed by atoms with Crippen molar-refractivity contribution in [3.05, 3.63) is 71.3 Å². The lowest BCUT2D eigenvalue weighted by Crippen LogP contribution is -2.51. The number of amides is 2. The molecule has 0 aliphatic heterocycles. The normalized spacial score (nSPS) is 15.3. The van der Waals surface area contributed by atoms with E-state index in [0.717, 1.165) is 24.0 Å². The highest BCUT2D eigenvalue weighted by atomic mass is 16.2. The molecule has 0 spiro atoms. The number of hydrogen-bond donors (Lipinski definition) is 1. The zero-order valence-corrected chi connectivity index (χ0v) is 20.8. The second-order valence-electron chi connectivity index (χ2n) is 10.4. The Balaban J connectivity index is 1.71. The molecule has 1 N–H and O–H groups in total. The van der Waals surface area contributed by atoms with Gasteiger partial charge in [0.15, 0.2) is 0 Å². The van der Waals surface area contributed by atoms with E-state index >= 15 is 0 Å². The van der Waals surface area contributed by atoms with Crippen LogP contribution in [0, 0.1) is 0 Å². The van der Waals surface area contributed by atoms with Gasteiger partial charge in [-0.05, 0) is 47.8 Å². The predicted octanol–water partition coefficient (Wildman–Crippen LogP) is 5.78. The van der Waals surface area contributed by atoms with Gasteiger partial charge in [0, 0.05) is 19.0 Å². The molecule has 1 saturated carbocycles. The van der Waals surface area contributed by atoms with Gasteiger partial charge in [-0.15, -0.1) is 0 Å². The third kappa shape index (κ3) is 7.18. The molecule has 2 aromatic rings. The first-order valence-electron chi connectivity index (χ1n) is 12.5. The standard InChI is InChI=1S/C29H40N2O2/c1-5-26(28(33)30-25-13-9-10-14-25)31(21-23-11-7-6-8-12-23)27(32)20-17-22-15-18-24(19-16-22)29(2,3)4/h6-8,11-12,15-16,18-19,25-26H,5,9-10,13-14,17,20-21H2,1-4H3,(H,30,33). The van der Waals surface area contributed by atoms with E-state index in [2.05, 4.69) is 50.4 Å². The summed E-state index contributed by atoms with van der Waals surface area (Å²) in [6, 6.07) is 18.3. The minimum Gasteiger partial charge on any atom is -0.352 e. The smallest absolute Gasteiger partial charge is 0.243 e. The van der Waals surface area contributed by atoms with Crippen molar-refractivity contribution >= 4 is 11.8 Å². The molecule has 0 aromatic heterocycles. The summed E-state index contributed by atoms with van der Waals surface area (Å²) in [4.78, 5) is 28.4. The Kier molecular flexibility index (Phi) is 8.71. The van der Waals surface area contributed by atoms with E-state index in [9.17, 15) is 9.59 Å². The van der Waals surface area contributed by atoms with Crippen LogP contribution in [0.2, 0.25) is 0 Å². The number of hydrogen-bond acceptors (Lipinski definition) is 2. The van der Waals surface area contributed by atoms with Crippen LogP contribution in [0.25, 0.3) is 0 Å². The molecule has 1 atom stereocenters. The lowest BCUT2D eigenvalue weighted by Gasteiger charge is -2.31. The van der Waals surface area contributed by atoms with Gasteiger partial charge in [0.2, 0.25) is 11.8 Å². The monoisotopic (exact) mass is 448 g/mol. The van der Waals surface area contributed by atoms with Crippen molar-refractivity contribution in [3.8, 4) is 0 Å². The molecule has 2 amide bonds. The van der Waals surface area contributed by atoms with E-state index in [4.69, 9.17) is 0 Å². The number of rotatable bonds is 9. The summed E-state index contributed by atoms with van der Waals surface area (Å²) in [5, 5.41) is 3.21. The van der Waals surface area contributed by atoms with Gasteiger partial charge in [0.25, 0.3) is 0 Å². The fraction of sp³-hybridized carbons (Fsp3) is 0.517. The minimum absolute atomic E-state index is 0.0109. The van der Waals surface area contributed by atoms with Gasteiger partial charge in [-0.1, -0.05) is 95.1 Å². The highest BCUT2D eigenvalue weighted by molar-refractivity contribution is 5.88. The second-order valence-corrected chi connectivity index (χ2v) is 10.4. The van der Waals surface area contributed by atoms with Gasteiger partial charge < -0.3 is 10.2 Å². The maximum atomic E-state index is 13.4. The molecule has 0 heterocycles. The van der Waals surface area contributed by atoms with Crippen molar-refractivity contribution in [2.24, 2.45) is 0 Å². The molecule has 0 saturated heterocycles. The molecule has 2 aromatic carbocycles. The Bertz CT molecular complexity index is 893. The molecule has 4 heteroatoms. The summed E-state index contributed by atoms with van der Waals surface area (Å²) in [5.41, 5.74) is 3.60. The van der Waals surface area contributed by atoms with Gasteiger partial charge in [0.1, 0.15) is 6.04 Å². The molecule has 1 aliphatic carbocycles. The van der Waals surface area contributed by atoms with E-state index in [1.54, 1.807) is 4.90 Å². The SMILES string of the molecule is CCC(C(=O)NC1CCCC1)N(Cc1ccccc1)C(=O)CCc1ccc(C(C)(C)C)cc1. The summed E-state index contributed by atoms with van der Waals surface area (Å²) in [6.45, 7) is 9.06. The van der Waals surface area contributed by atoms with Gasteiger partial charge in [-0.2, -0.15) is 0 Å². The molecule has 3 rings (SSSR count). The van der Waals surface area contributed by atoms with Crippen molar-refractivity contribution < 1.29 is 9.59 Å². The Labute approximate surface area is 199 Å². The maximum Gasteiger partial charge on any atom is 0.243 e. The van der Waals surface area contributed by atoms with Crippen LogP contribution in [-0.2, 0) is 28.0 Å². The van der Waals surface area contributed by atoms with Crippen molar-refractivity contribution in [2.75, 3.05) is 0 Å². The number of carbonyl (C=O) groups excluding carboxylic acids is 2. The van der Waals surface area contributed by atoms with Crippen LogP contribution in [0.4, 0.5) is 0 Å². The molecule has 1 aliphatic rings. The topological polar surface area (TPSA) is 49.4 Å². The molecular weight excluding hydrogens is 408 g/mol. The highest BCUT2D eigenvalue weighted by Gasteiger charge is 2.30. The Morgan fingerprint density at radius 1 is 0.970 bits per heavy atom. The zero-order chi connectivity index (χ0) is 23.8. The number of nitrogens with one attached hydrogen (secondary N) is 1. The van der Waals surface area contributed by atoms with E-state index < -0.39 is 6.04 Å². The first kappa shape index (κ1) is 25.0. The van der Waals surface area contributed by atoms with Crippen LogP contribution in [0.3, 0.4) is 0 Å². The van der Waals surface area contributed by atoms with Gasteiger partial charge in [-0.25, -0.2) is 0 Å².